The van der Waals surface area contributed by atoms with Crippen LogP contribution in [0.1, 0.15) is 37.0 Å². The SMILES string of the molecule is CCC(O)(CC)CNc1ccncc1C(N)=O. The number of primary amides is 1. The molecule has 94 valence electrons. The molecule has 1 aromatic rings. The number of carbonyl (C=O) groups is 1. The van der Waals surface area contributed by atoms with Crippen LogP contribution in [0.4, 0.5) is 5.69 Å². The van der Waals surface area contributed by atoms with Crippen LogP contribution < -0.4 is 11.1 Å². The van der Waals surface area contributed by atoms with Gasteiger partial charge in [-0.1, -0.05) is 13.8 Å². The van der Waals surface area contributed by atoms with Crippen LogP contribution in [0.3, 0.4) is 0 Å². The van der Waals surface area contributed by atoms with Gasteiger partial charge in [0.15, 0.2) is 0 Å². The number of aliphatic hydroxyl groups is 1. The van der Waals surface area contributed by atoms with Crippen LogP contribution in [0.2, 0.25) is 0 Å². The number of anilines is 1. The van der Waals surface area contributed by atoms with Crippen LogP contribution in [0.25, 0.3) is 0 Å². The zero-order chi connectivity index (χ0) is 12.9. The number of pyridine rings is 1. The molecule has 0 saturated heterocycles. The van der Waals surface area contributed by atoms with Gasteiger partial charge in [-0.15, -0.1) is 0 Å². The Morgan fingerprint density at radius 3 is 2.71 bits per heavy atom. The van der Waals surface area contributed by atoms with Gasteiger partial charge in [-0.2, -0.15) is 0 Å². The van der Waals surface area contributed by atoms with E-state index in [0.717, 1.165) is 0 Å². The van der Waals surface area contributed by atoms with Crippen LogP contribution in [0, 0.1) is 0 Å². The van der Waals surface area contributed by atoms with Crippen LogP contribution in [-0.2, 0) is 0 Å². The van der Waals surface area contributed by atoms with Gasteiger partial charge in [0.25, 0.3) is 5.91 Å². The highest BCUT2D eigenvalue weighted by molar-refractivity contribution is 5.98. The van der Waals surface area contributed by atoms with Gasteiger partial charge in [-0.05, 0) is 18.9 Å². The molecule has 17 heavy (non-hydrogen) atoms. The van der Waals surface area contributed by atoms with Crippen molar-refractivity contribution in [3.63, 3.8) is 0 Å². The van der Waals surface area contributed by atoms with E-state index in [1.807, 2.05) is 13.8 Å². The number of hydrogen-bond acceptors (Lipinski definition) is 4. The van der Waals surface area contributed by atoms with Crippen LogP contribution >= 0.6 is 0 Å². The van der Waals surface area contributed by atoms with Crippen molar-refractivity contribution in [2.24, 2.45) is 5.73 Å². The molecule has 0 aliphatic rings. The van der Waals surface area contributed by atoms with E-state index in [1.165, 1.54) is 6.20 Å². The van der Waals surface area contributed by atoms with Crippen molar-refractivity contribution in [2.75, 3.05) is 11.9 Å². The van der Waals surface area contributed by atoms with Crippen LogP contribution in [0.5, 0.6) is 0 Å². The van der Waals surface area contributed by atoms with Gasteiger partial charge in [0.2, 0.25) is 0 Å². The van der Waals surface area contributed by atoms with Crippen LogP contribution in [0.15, 0.2) is 18.5 Å². The van der Waals surface area contributed by atoms with Gasteiger partial charge in [-0.3, -0.25) is 9.78 Å². The van der Waals surface area contributed by atoms with E-state index in [-0.39, 0.29) is 0 Å². The fourth-order valence-corrected chi connectivity index (χ4v) is 1.50. The van der Waals surface area contributed by atoms with E-state index in [2.05, 4.69) is 10.3 Å². The first-order valence-corrected chi connectivity index (χ1v) is 5.72. The first-order chi connectivity index (χ1) is 8.02. The Hall–Kier alpha value is -1.62. The van der Waals surface area contributed by atoms with Crippen molar-refractivity contribution in [1.29, 1.82) is 0 Å². The Kier molecular flexibility index (Phi) is 4.45. The van der Waals surface area contributed by atoms with E-state index in [0.29, 0.717) is 30.6 Å². The molecule has 0 saturated carbocycles. The maximum atomic E-state index is 11.2. The molecule has 0 fully saturated rings. The maximum absolute atomic E-state index is 11.2. The second-order valence-corrected chi connectivity index (χ2v) is 4.07. The summed E-state index contributed by atoms with van der Waals surface area (Å²) in [5.74, 6) is -0.530. The standard InChI is InChI=1S/C12H19N3O2/c1-3-12(17,4-2)8-15-10-5-6-14-7-9(10)11(13)16/h5-7,17H,3-4,8H2,1-2H3,(H2,13,16)(H,14,15). The van der Waals surface area contributed by atoms with Gasteiger partial charge in [-0.25, -0.2) is 0 Å². The number of nitrogens with one attached hydrogen (secondary N) is 1. The molecule has 1 amide bonds. The number of hydrogen-bond donors (Lipinski definition) is 3. The van der Waals surface area contributed by atoms with Gasteiger partial charge >= 0.3 is 0 Å². The highest BCUT2D eigenvalue weighted by atomic mass is 16.3. The molecule has 5 nitrogen and oxygen atoms in total. The predicted molar refractivity (Wildman–Crippen MR) is 66.8 cm³/mol. The van der Waals surface area contributed by atoms with Crippen molar-refractivity contribution < 1.29 is 9.90 Å². The number of nitrogens with two attached hydrogens (primary N) is 1. The van der Waals surface area contributed by atoms with Gasteiger partial charge in [0, 0.05) is 18.9 Å². The molecule has 0 bridgehead atoms. The van der Waals surface area contributed by atoms with E-state index < -0.39 is 11.5 Å². The number of nitrogens with zero attached hydrogens (tertiary/aromatic N) is 1. The number of amides is 1. The highest BCUT2D eigenvalue weighted by Gasteiger charge is 2.22. The minimum atomic E-state index is -0.766. The van der Waals surface area contributed by atoms with Gasteiger partial charge in [0.1, 0.15) is 0 Å². The number of rotatable bonds is 6. The van der Waals surface area contributed by atoms with Crippen LogP contribution in [-0.4, -0.2) is 28.1 Å². The molecule has 0 unspecified atom stereocenters. The third-order valence-electron chi connectivity index (χ3n) is 3.01. The second kappa shape index (κ2) is 5.63. The van der Waals surface area contributed by atoms with Crippen molar-refractivity contribution >= 4 is 11.6 Å². The summed E-state index contributed by atoms with van der Waals surface area (Å²) >= 11 is 0. The Bertz CT molecular complexity index is 389. The van der Waals surface area contributed by atoms with E-state index in [9.17, 15) is 9.90 Å². The minimum Gasteiger partial charge on any atom is -0.388 e. The molecule has 1 aromatic heterocycles. The van der Waals surface area contributed by atoms with Gasteiger partial charge < -0.3 is 16.2 Å². The van der Waals surface area contributed by atoms with E-state index in [1.54, 1.807) is 12.3 Å². The molecule has 1 rings (SSSR count). The third-order valence-corrected chi connectivity index (χ3v) is 3.01. The Balaban J connectivity index is 2.79. The molecular formula is C12H19N3O2. The average molecular weight is 237 g/mol. The topological polar surface area (TPSA) is 88.2 Å². The third kappa shape index (κ3) is 3.42. The molecule has 0 atom stereocenters. The fraction of sp³-hybridized carbons (Fsp3) is 0.500. The quantitative estimate of drug-likeness (QED) is 0.692. The number of aromatic nitrogens is 1. The Morgan fingerprint density at radius 1 is 1.53 bits per heavy atom. The molecule has 0 radical (unpaired) electrons. The normalized spacial score (nSPS) is 11.2. The molecule has 0 aliphatic carbocycles. The lowest BCUT2D eigenvalue weighted by Gasteiger charge is -2.26. The lowest BCUT2D eigenvalue weighted by molar-refractivity contribution is 0.0456. The molecule has 1 heterocycles. The summed E-state index contributed by atoms with van der Waals surface area (Å²) in [6.45, 7) is 4.23. The number of carbonyl (C=O) groups excluding carboxylic acids is 1. The van der Waals surface area contributed by atoms with Crippen molar-refractivity contribution in [3.8, 4) is 0 Å². The lowest BCUT2D eigenvalue weighted by Crippen LogP contribution is -2.35. The predicted octanol–water partition coefficient (Wildman–Crippen LogP) is 1.14. The summed E-state index contributed by atoms with van der Waals surface area (Å²) in [6.07, 6.45) is 4.29. The molecule has 5 heteroatoms. The van der Waals surface area contributed by atoms with Gasteiger partial charge in [0.05, 0.1) is 16.9 Å². The molecule has 0 spiro atoms. The maximum Gasteiger partial charge on any atom is 0.252 e. The fourth-order valence-electron chi connectivity index (χ4n) is 1.50. The molecule has 4 N–H and O–H groups in total. The molecular weight excluding hydrogens is 218 g/mol. The van der Waals surface area contributed by atoms with Crippen molar-refractivity contribution in [3.05, 3.63) is 24.0 Å². The first kappa shape index (κ1) is 13.4. The summed E-state index contributed by atoms with van der Waals surface area (Å²) in [7, 11) is 0. The summed E-state index contributed by atoms with van der Waals surface area (Å²) < 4.78 is 0. The smallest absolute Gasteiger partial charge is 0.252 e. The average Bonchev–Trinajstić information content (AvgIpc) is 2.36. The van der Waals surface area contributed by atoms with Crippen molar-refractivity contribution in [1.82, 2.24) is 4.98 Å². The first-order valence-electron chi connectivity index (χ1n) is 5.72. The van der Waals surface area contributed by atoms with Crippen molar-refractivity contribution in [2.45, 2.75) is 32.3 Å². The summed E-state index contributed by atoms with van der Waals surface area (Å²) in [5.41, 5.74) is 5.41. The molecule has 0 aliphatic heterocycles. The summed E-state index contributed by atoms with van der Waals surface area (Å²) in [4.78, 5) is 15.0. The molecule has 0 aromatic carbocycles. The monoisotopic (exact) mass is 237 g/mol. The Labute approximate surface area is 101 Å². The Morgan fingerprint density at radius 2 is 2.18 bits per heavy atom. The zero-order valence-electron chi connectivity index (χ0n) is 10.2. The van der Waals surface area contributed by atoms with E-state index in [4.69, 9.17) is 5.73 Å². The van der Waals surface area contributed by atoms with E-state index >= 15 is 0 Å². The minimum absolute atomic E-state index is 0.335. The largest absolute Gasteiger partial charge is 0.388 e. The second-order valence-electron chi connectivity index (χ2n) is 4.07. The lowest BCUT2D eigenvalue weighted by atomic mass is 9.97. The zero-order valence-corrected chi connectivity index (χ0v) is 10.2. The summed E-state index contributed by atoms with van der Waals surface area (Å²) in [5, 5.41) is 13.2. The highest BCUT2D eigenvalue weighted by Crippen LogP contribution is 2.18. The summed E-state index contributed by atoms with van der Waals surface area (Å²) in [6, 6.07) is 1.67.